The summed E-state index contributed by atoms with van der Waals surface area (Å²) in [6.45, 7) is 4.27. The molecule has 1 aromatic heterocycles. The number of hydrogen-bond acceptors (Lipinski definition) is 1. The van der Waals surface area contributed by atoms with Crippen molar-refractivity contribution in [2.75, 3.05) is 0 Å². The van der Waals surface area contributed by atoms with Gasteiger partial charge in [0.1, 0.15) is 0 Å². The molecule has 0 amide bonds. The lowest BCUT2D eigenvalue weighted by molar-refractivity contribution is 0.0910. The Hall–Kier alpha value is -1.57. The zero-order valence-electron chi connectivity index (χ0n) is 11.2. The second-order valence-electron chi connectivity index (χ2n) is 4.86. The summed E-state index contributed by atoms with van der Waals surface area (Å²) >= 11 is 0. The SMILES string of the molecule is CCCCC(CC)C(=O)c1c[nH]c2ccccc12. The van der Waals surface area contributed by atoms with Gasteiger partial charge in [-0.2, -0.15) is 0 Å². The van der Waals surface area contributed by atoms with Crippen LogP contribution in [0.2, 0.25) is 0 Å². The molecule has 0 aliphatic rings. The van der Waals surface area contributed by atoms with Crippen molar-refractivity contribution in [3.05, 3.63) is 36.0 Å². The topological polar surface area (TPSA) is 32.9 Å². The maximum absolute atomic E-state index is 12.5. The normalized spacial score (nSPS) is 12.8. The molecule has 0 saturated carbocycles. The van der Waals surface area contributed by atoms with E-state index in [1.807, 2.05) is 30.5 Å². The zero-order valence-corrected chi connectivity index (χ0v) is 11.2. The number of fused-ring (bicyclic) bond motifs is 1. The highest BCUT2D eigenvalue weighted by atomic mass is 16.1. The molecule has 1 heterocycles. The van der Waals surface area contributed by atoms with Crippen molar-refractivity contribution in [1.29, 1.82) is 0 Å². The Labute approximate surface area is 108 Å². The van der Waals surface area contributed by atoms with E-state index >= 15 is 0 Å². The van der Waals surface area contributed by atoms with Crippen molar-refractivity contribution in [3.63, 3.8) is 0 Å². The number of hydrogen-bond donors (Lipinski definition) is 1. The fourth-order valence-electron chi connectivity index (χ4n) is 2.47. The first-order chi connectivity index (χ1) is 8.77. The molecule has 96 valence electrons. The number of aromatic nitrogens is 1. The summed E-state index contributed by atoms with van der Waals surface area (Å²) in [6.07, 6.45) is 6.08. The number of H-pyrrole nitrogens is 1. The van der Waals surface area contributed by atoms with Gasteiger partial charge in [0, 0.05) is 28.6 Å². The minimum absolute atomic E-state index is 0.171. The van der Waals surface area contributed by atoms with Crippen molar-refractivity contribution >= 4 is 16.7 Å². The van der Waals surface area contributed by atoms with Gasteiger partial charge in [-0.05, 0) is 18.9 Å². The second kappa shape index (κ2) is 5.85. The molecule has 18 heavy (non-hydrogen) atoms. The van der Waals surface area contributed by atoms with E-state index in [-0.39, 0.29) is 5.92 Å². The number of benzene rings is 1. The van der Waals surface area contributed by atoms with E-state index in [1.165, 1.54) is 0 Å². The maximum atomic E-state index is 12.5. The summed E-state index contributed by atoms with van der Waals surface area (Å²) in [5, 5.41) is 1.05. The third-order valence-corrected chi connectivity index (χ3v) is 3.62. The van der Waals surface area contributed by atoms with E-state index in [4.69, 9.17) is 0 Å². The van der Waals surface area contributed by atoms with Crippen molar-refractivity contribution in [1.82, 2.24) is 4.98 Å². The van der Waals surface area contributed by atoms with E-state index in [2.05, 4.69) is 18.8 Å². The van der Waals surface area contributed by atoms with Crippen LogP contribution < -0.4 is 0 Å². The summed E-state index contributed by atoms with van der Waals surface area (Å²) in [6, 6.07) is 8.01. The maximum Gasteiger partial charge on any atom is 0.168 e. The number of rotatable bonds is 6. The van der Waals surface area contributed by atoms with Crippen LogP contribution in [0.15, 0.2) is 30.5 Å². The standard InChI is InChI=1S/C16H21NO/c1-3-5-8-12(4-2)16(18)14-11-17-15-10-7-6-9-13(14)15/h6-7,9-12,17H,3-5,8H2,1-2H3. The Morgan fingerprint density at radius 2 is 2.06 bits per heavy atom. The Balaban J connectivity index is 2.26. The van der Waals surface area contributed by atoms with E-state index in [0.717, 1.165) is 42.1 Å². The molecular formula is C16H21NO. The van der Waals surface area contributed by atoms with E-state index in [1.54, 1.807) is 0 Å². The Morgan fingerprint density at radius 3 is 2.78 bits per heavy atom. The monoisotopic (exact) mass is 243 g/mol. The van der Waals surface area contributed by atoms with Crippen LogP contribution in [0, 0.1) is 5.92 Å². The zero-order chi connectivity index (χ0) is 13.0. The van der Waals surface area contributed by atoms with Gasteiger partial charge in [0.15, 0.2) is 5.78 Å². The predicted molar refractivity (Wildman–Crippen MR) is 75.9 cm³/mol. The molecule has 0 saturated heterocycles. The average molecular weight is 243 g/mol. The molecule has 0 aliphatic heterocycles. The number of unbranched alkanes of at least 4 members (excludes halogenated alkanes) is 1. The molecule has 2 nitrogen and oxygen atoms in total. The van der Waals surface area contributed by atoms with Crippen LogP contribution in [-0.2, 0) is 0 Å². The molecule has 0 spiro atoms. The Kier molecular flexibility index (Phi) is 4.19. The van der Waals surface area contributed by atoms with Gasteiger partial charge >= 0.3 is 0 Å². The highest BCUT2D eigenvalue weighted by molar-refractivity contribution is 6.08. The first-order valence-electron chi connectivity index (χ1n) is 6.88. The van der Waals surface area contributed by atoms with Gasteiger partial charge in [-0.1, -0.05) is 44.9 Å². The third kappa shape index (κ3) is 2.47. The molecular weight excluding hydrogens is 222 g/mol. The number of ketones is 1. The van der Waals surface area contributed by atoms with Gasteiger partial charge in [-0.25, -0.2) is 0 Å². The van der Waals surface area contributed by atoms with Crippen LogP contribution in [0.5, 0.6) is 0 Å². The highest BCUT2D eigenvalue weighted by Gasteiger charge is 2.20. The van der Waals surface area contributed by atoms with Crippen molar-refractivity contribution < 1.29 is 4.79 Å². The smallest absolute Gasteiger partial charge is 0.168 e. The molecule has 0 radical (unpaired) electrons. The predicted octanol–water partition coefficient (Wildman–Crippen LogP) is 4.57. The third-order valence-electron chi connectivity index (χ3n) is 3.62. The van der Waals surface area contributed by atoms with Crippen LogP contribution in [-0.4, -0.2) is 10.8 Å². The van der Waals surface area contributed by atoms with Gasteiger partial charge in [-0.3, -0.25) is 4.79 Å². The van der Waals surface area contributed by atoms with Gasteiger partial charge < -0.3 is 4.98 Å². The van der Waals surface area contributed by atoms with Crippen LogP contribution >= 0.6 is 0 Å². The molecule has 1 N–H and O–H groups in total. The summed E-state index contributed by atoms with van der Waals surface area (Å²) in [4.78, 5) is 15.7. The Bertz CT molecular complexity index is 527. The second-order valence-corrected chi connectivity index (χ2v) is 4.86. The molecule has 2 rings (SSSR count). The van der Waals surface area contributed by atoms with Gasteiger partial charge in [0.2, 0.25) is 0 Å². The number of carbonyl (C=O) groups is 1. The van der Waals surface area contributed by atoms with Gasteiger partial charge in [0.05, 0.1) is 0 Å². The first-order valence-corrected chi connectivity index (χ1v) is 6.88. The summed E-state index contributed by atoms with van der Waals surface area (Å²) in [5.74, 6) is 0.465. The number of nitrogens with one attached hydrogen (secondary N) is 1. The fourth-order valence-corrected chi connectivity index (χ4v) is 2.47. The number of para-hydroxylation sites is 1. The number of aromatic amines is 1. The molecule has 1 unspecified atom stereocenters. The van der Waals surface area contributed by atoms with Crippen LogP contribution in [0.3, 0.4) is 0 Å². The van der Waals surface area contributed by atoms with Crippen molar-refractivity contribution in [2.45, 2.75) is 39.5 Å². The molecule has 0 bridgehead atoms. The summed E-state index contributed by atoms with van der Waals surface area (Å²) in [7, 11) is 0. The van der Waals surface area contributed by atoms with E-state index < -0.39 is 0 Å². The average Bonchev–Trinajstić information content (AvgIpc) is 2.83. The molecule has 2 aromatic rings. The summed E-state index contributed by atoms with van der Waals surface area (Å²) < 4.78 is 0. The van der Waals surface area contributed by atoms with Crippen LogP contribution in [0.1, 0.15) is 49.9 Å². The lowest BCUT2D eigenvalue weighted by Crippen LogP contribution is -2.13. The van der Waals surface area contributed by atoms with Gasteiger partial charge in [-0.15, -0.1) is 0 Å². The molecule has 1 aromatic carbocycles. The molecule has 1 atom stereocenters. The van der Waals surface area contributed by atoms with Crippen LogP contribution in [0.25, 0.3) is 10.9 Å². The largest absolute Gasteiger partial charge is 0.360 e. The minimum atomic E-state index is 0.171. The minimum Gasteiger partial charge on any atom is -0.360 e. The van der Waals surface area contributed by atoms with E-state index in [9.17, 15) is 4.79 Å². The Morgan fingerprint density at radius 1 is 1.28 bits per heavy atom. The number of carbonyl (C=O) groups excluding carboxylic acids is 1. The first kappa shape index (κ1) is 12.9. The lowest BCUT2D eigenvalue weighted by atomic mass is 9.90. The summed E-state index contributed by atoms with van der Waals surface area (Å²) in [5.41, 5.74) is 1.90. The quantitative estimate of drug-likeness (QED) is 0.741. The fraction of sp³-hybridized carbons (Fsp3) is 0.438. The lowest BCUT2D eigenvalue weighted by Gasteiger charge is -2.12. The van der Waals surface area contributed by atoms with Gasteiger partial charge in [0.25, 0.3) is 0 Å². The van der Waals surface area contributed by atoms with Crippen LogP contribution in [0.4, 0.5) is 0 Å². The molecule has 0 fully saturated rings. The molecule has 0 aliphatic carbocycles. The van der Waals surface area contributed by atoms with Crippen molar-refractivity contribution in [2.24, 2.45) is 5.92 Å². The van der Waals surface area contributed by atoms with Crippen molar-refractivity contribution in [3.8, 4) is 0 Å². The molecule has 2 heteroatoms. The highest BCUT2D eigenvalue weighted by Crippen LogP contribution is 2.24. The van der Waals surface area contributed by atoms with E-state index in [0.29, 0.717) is 5.78 Å². The number of Topliss-reactive ketones (excluding diaryl/α,β-unsaturated/α-hetero) is 1.